The highest BCUT2D eigenvalue weighted by molar-refractivity contribution is 6.33. The van der Waals surface area contributed by atoms with Crippen molar-refractivity contribution in [3.63, 3.8) is 0 Å². The van der Waals surface area contributed by atoms with Crippen LogP contribution in [-0.4, -0.2) is 98.0 Å². The lowest BCUT2D eigenvalue weighted by Crippen LogP contribution is -2.49. The van der Waals surface area contributed by atoms with Gasteiger partial charge in [0.25, 0.3) is 0 Å². The molecule has 3 unspecified atom stereocenters. The minimum atomic E-state index is -1.27. The second-order valence-corrected chi connectivity index (χ2v) is 27.5. The molecule has 17 nitrogen and oxygen atoms in total. The number of anilines is 4. The van der Waals surface area contributed by atoms with Crippen LogP contribution in [0.15, 0.2) is 150 Å². The van der Waals surface area contributed by atoms with Crippen molar-refractivity contribution < 1.29 is 62.6 Å². The third-order valence-corrected chi connectivity index (χ3v) is 20.0. The number of phenolic OH excluding ortho intramolecular Hbond substituents is 1. The molecule has 0 radical (unpaired) electrons. The number of aliphatic carboxylic acids is 1. The lowest BCUT2D eigenvalue weighted by Gasteiger charge is -2.48. The number of carboxylic acids is 2. The number of benzene rings is 8. The van der Waals surface area contributed by atoms with E-state index < -0.39 is 23.5 Å². The summed E-state index contributed by atoms with van der Waals surface area (Å²) in [6.45, 7) is 16.8. The molecule has 6 aliphatic rings. The summed E-state index contributed by atoms with van der Waals surface area (Å²) in [4.78, 5) is 56.3. The van der Waals surface area contributed by atoms with Crippen molar-refractivity contribution in [2.45, 2.75) is 116 Å². The van der Waals surface area contributed by atoms with Crippen LogP contribution in [0.1, 0.15) is 147 Å². The summed E-state index contributed by atoms with van der Waals surface area (Å²) in [5, 5.41) is 31.7. The van der Waals surface area contributed by atoms with Crippen molar-refractivity contribution in [1.82, 2.24) is 4.58 Å². The summed E-state index contributed by atoms with van der Waals surface area (Å²) < 4.78 is 37.7. The molecule has 3 N–H and O–H groups in total. The zero-order valence-electron chi connectivity index (χ0n) is 56.1. The summed E-state index contributed by atoms with van der Waals surface area (Å²) in [5.74, 6) is 0.445. The highest BCUT2D eigenvalue weighted by Crippen LogP contribution is 2.60. The van der Waals surface area contributed by atoms with Gasteiger partial charge in [-0.15, -0.1) is 0 Å². The number of aromatic hydroxyl groups is 1. The third-order valence-electron chi connectivity index (χ3n) is 19.4. The summed E-state index contributed by atoms with van der Waals surface area (Å²) in [6, 6.07) is 44.7. The fraction of sp³-hybridized carbons (Fsp3) is 0.321. The van der Waals surface area contributed by atoms with Gasteiger partial charge in [0.15, 0.2) is 12.4 Å². The first-order valence-electron chi connectivity index (χ1n) is 32.7. The summed E-state index contributed by atoms with van der Waals surface area (Å²) in [6.07, 6.45) is 3.34. The average molecular weight is 1350 g/mol. The van der Waals surface area contributed by atoms with Crippen molar-refractivity contribution >= 4 is 86.5 Å². The molecule has 1 spiro atoms. The third kappa shape index (κ3) is 12.7. The Balaban J connectivity index is 0.000000186. The SMILES string of the molecule is CC1CC(C)(C)N(CCCC(=O)O)c2cc3oc4cc(=[N+](C)c5ccc(O)cc5)c(Cl)cc-4c(-c4ccccc4C(=O)O)c3cc21.CCOC(=O)CCCN1c2cc3c(cc2C(C)CC1(C)C)C1(OC(=O)c2ccccc21)c1cc(Cl)c(N(C)c2ccc(OCOC)cc2)cc1O3. The lowest BCUT2D eigenvalue weighted by molar-refractivity contribution is -0.143. The number of ether oxygens (including phenoxy) is 5. The van der Waals surface area contributed by atoms with Crippen LogP contribution in [0.3, 0.4) is 0 Å². The molecule has 502 valence electrons. The molecular formula is C78H79Cl2N4O13+. The largest absolute Gasteiger partial charge is 0.508 e. The van der Waals surface area contributed by atoms with Gasteiger partial charge in [0, 0.05) is 132 Å². The number of hydrogen-bond acceptors (Lipinski definition) is 14. The van der Waals surface area contributed by atoms with Crippen molar-refractivity contribution in [3.05, 3.63) is 200 Å². The molecule has 0 saturated carbocycles. The molecule has 7 aromatic carbocycles. The number of rotatable bonds is 17. The Bertz CT molecular complexity index is 4620. The van der Waals surface area contributed by atoms with Gasteiger partial charge in [0.1, 0.15) is 46.4 Å². The van der Waals surface area contributed by atoms with Gasteiger partial charge in [-0.2, -0.15) is 4.58 Å². The standard InChI is InChI=1S/C41H43ClN2O7.C37H35ClN2O6/c1-7-48-38(45)13-10-18-44-34-21-36-31(19-29(34)25(2)23-40(44,3)4)41(30-12-9-8-11-28(30)39(46)51-41)32-20-33(42)35(22-37(32)50-36)43(5)26-14-16-27(17-15-26)49-24-47-6;1-21-20-37(2,3)40(15-7-10-34(42)43)30-18-32-27(16-26(21)30)35(24-8-5-6-9-25(24)36(44)45)28-17-29(38)31(19-33(28)46-32)39(4)22-11-13-23(41)14-12-22/h8-9,11-12,14-17,19-22,25H,7,10,13,18,23-24H2,1-6H3;5-6,8-9,11-14,16-19,21H,7,10,15,20H2,1-4H3,(H2-,41,42,43,44,45)/p+1. The van der Waals surface area contributed by atoms with E-state index in [1.165, 1.54) is 0 Å². The molecule has 19 heteroatoms. The second-order valence-electron chi connectivity index (χ2n) is 26.7. The number of carboxylic acid groups (broad SMARTS) is 2. The Morgan fingerprint density at radius 2 is 1.33 bits per heavy atom. The van der Waals surface area contributed by atoms with Crippen LogP contribution in [0.2, 0.25) is 10.0 Å². The molecule has 7 aromatic rings. The maximum absolute atomic E-state index is 13.6. The van der Waals surface area contributed by atoms with Gasteiger partial charge in [-0.1, -0.05) is 73.4 Å². The smallest absolute Gasteiger partial charge is 0.340 e. The zero-order chi connectivity index (χ0) is 69.0. The zero-order valence-corrected chi connectivity index (χ0v) is 57.6. The van der Waals surface area contributed by atoms with Crippen molar-refractivity contribution in [1.29, 1.82) is 0 Å². The minimum Gasteiger partial charge on any atom is -0.508 e. The van der Waals surface area contributed by atoms with Gasteiger partial charge >= 0.3 is 23.9 Å². The number of nitrogens with zero attached hydrogens (tertiary/aromatic N) is 4. The van der Waals surface area contributed by atoms with Crippen LogP contribution in [0.4, 0.5) is 28.4 Å². The fourth-order valence-corrected chi connectivity index (χ4v) is 15.5. The number of carbonyl (C=O) groups excluding carboxylic acids is 2. The molecule has 0 bridgehead atoms. The van der Waals surface area contributed by atoms with E-state index in [0.717, 1.165) is 63.2 Å². The average Bonchev–Trinajstić information content (AvgIpc) is 1.63. The topological polar surface area (TPSA) is 201 Å². The number of carbonyl (C=O) groups is 4. The van der Waals surface area contributed by atoms with E-state index in [1.54, 1.807) is 49.6 Å². The first-order chi connectivity index (χ1) is 46.3. The molecule has 0 amide bonds. The first kappa shape index (κ1) is 67.4. The number of fused-ring (bicyclic) bond motifs is 10. The number of methoxy groups -OCH3 is 1. The Kier molecular flexibility index (Phi) is 18.6. The normalized spacial score (nSPS) is 17.9. The second kappa shape index (κ2) is 26.8. The van der Waals surface area contributed by atoms with Gasteiger partial charge in [-0.05, 0) is 162 Å². The Hall–Kier alpha value is -9.55. The molecule has 5 heterocycles. The summed E-state index contributed by atoms with van der Waals surface area (Å²) in [5.41, 5.74) is 10.4. The monoisotopic (exact) mass is 1350 g/mol. The maximum atomic E-state index is 13.6. The number of aromatic carboxylic acids is 1. The Morgan fingerprint density at radius 3 is 1.99 bits per heavy atom. The number of hydrogen-bond donors (Lipinski definition) is 3. The predicted molar refractivity (Wildman–Crippen MR) is 378 cm³/mol. The van der Waals surface area contributed by atoms with Crippen LogP contribution < -0.4 is 34.1 Å². The summed E-state index contributed by atoms with van der Waals surface area (Å²) in [7, 11) is 5.39. The molecule has 5 aliphatic heterocycles. The van der Waals surface area contributed by atoms with E-state index in [-0.39, 0.29) is 53.4 Å². The Morgan fingerprint density at radius 1 is 0.711 bits per heavy atom. The van der Waals surface area contributed by atoms with Crippen LogP contribution in [0, 0.1) is 0 Å². The molecule has 13 rings (SSSR count). The number of halogens is 2. The minimum absolute atomic E-state index is 0.0776. The van der Waals surface area contributed by atoms with Crippen molar-refractivity contribution in [3.8, 4) is 45.4 Å². The molecular weight excluding hydrogens is 1270 g/mol. The van der Waals surface area contributed by atoms with Gasteiger partial charge in [0.2, 0.25) is 11.0 Å². The van der Waals surface area contributed by atoms with Crippen LogP contribution >= 0.6 is 23.2 Å². The fourth-order valence-electron chi connectivity index (χ4n) is 14.9. The van der Waals surface area contributed by atoms with Gasteiger partial charge in [-0.3, -0.25) is 9.59 Å². The quantitative estimate of drug-likeness (QED) is 0.0336. The maximum Gasteiger partial charge on any atom is 0.340 e. The van der Waals surface area contributed by atoms with E-state index in [4.69, 9.17) is 51.3 Å². The molecule has 3 atom stereocenters. The molecule has 1 aliphatic carbocycles. The van der Waals surface area contributed by atoms with Crippen molar-refractivity contribution in [2.24, 2.45) is 0 Å². The van der Waals surface area contributed by atoms with E-state index >= 15 is 0 Å². The molecule has 0 saturated heterocycles. The molecule has 0 aromatic heterocycles. The van der Waals surface area contributed by atoms with Gasteiger partial charge in [0.05, 0.1) is 34.5 Å². The van der Waals surface area contributed by atoms with E-state index in [1.807, 2.05) is 115 Å². The molecule has 97 heavy (non-hydrogen) atoms. The van der Waals surface area contributed by atoms with E-state index in [0.29, 0.717) is 116 Å². The van der Waals surface area contributed by atoms with E-state index in [2.05, 4.69) is 69.5 Å². The lowest BCUT2D eigenvalue weighted by atomic mass is 9.74. The highest BCUT2D eigenvalue weighted by atomic mass is 35.5. The summed E-state index contributed by atoms with van der Waals surface area (Å²) >= 11 is 14.1. The number of phenols is 1. The predicted octanol–water partition coefficient (Wildman–Crippen LogP) is 17.0. The molecule has 0 fully saturated rings. The Labute approximate surface area is 573 Å². The van der Waals surface area contributed by atoms with Crippen LogP contribution in [0.25, 0.3) is 33.4 Å². The van der Waals surface area contributed by atoms with Crippen molar-refractivity contribution in [2.75, 3.05) is 62.4 Å². The van der Waals surface area contributed by atoms with Crippen LogP contribution in [-0.2, 0) is 29.4 Å². The van der Waals surface area contributed by atoms with E-state index in [9.17, 15) is 34.5 Å². The highest BCUT2D eigenvalue weighted by Gasteiger charge is 2.55. The van der Waals surface area contributed by atoms with Crippen LogP contribution in [0.5, 0.6) is 23.0 Å². The van der Waals surface area contributed by atoms with Gasteiger partial charge in [-0.25, -0.2) is 9.59 Å². The van der Waals surface area contributed by atoms with Gasteiger partial charge < -0.3 is 58.1 Å². The number of esters is 2. The first-order valence-corrected chi connectivity index (χ1v) is 33.4.